The molecule has 1 aromatic heterocycles. The number of aromatic amines is 1. The highest BCUT2D eigenvalue weighted by atomic mass is 15.1. The minimum absolute atomic E-state index is 0.547. The normalized spacial score (nSPS) is 10.2. The summed E-state index contributed by atoms with van der Waals surface area (Å²) in [6, 6.07) is 8.37. The summed E-state index contributed by atoms with van der Waals surface area (Å²) in [4.78, 5) is 0. The van der Waals surface area contributed by atoms with Gasteiger partial charge in [0.05, 0.1) is 11.4 Å². The van der Waals surface area contributed by atoms with Crippen molar-refractivity contribution in [3.8, 4) is 11.3 Å². The van der Waals surface area contributed by atoms with Crippen molar-refractivity contribution in [1.82, 2.24) is 10.2 Å². The highest BCUT2D eigenvalue weighted by molar-refractivity contribution is 5.82. The van der Waals surface area contributed by atoms with Crippen LogP contribution in [0.15, 0.2) is 24.4 Å². The number of anilines is 2. The molecule has 0 saturated heterocycles. The number of nitrogens with two attached hydrogens (primary N) is 2. The minimum Gasteiger partial charge on any atom is -0.397 e. The highest BCUT2D eigenvalue weighted by Crippen LogP contribution is 2.27. The molecule has 0 aliphatic carbocycles. The van der Waals surface area contributed by atoms with Crippen LogP contribution in [-0.4, -0.2) is 10.2 Å². The van der Waals surface area contributed by atoms with Crippen LogP contribution in [0.3, 0.4) is 0 Å². The maximum absolute atomic E-state index is 5.77. The summed E-state index contributed by atoms with van der Waals surface area (Å²) >= 11 is 0. The molecule has 0 atom stereocenters. The second-order valence-corrected chi connectivity index (χ2v) is 2.69. The molecule has 0 bridgehead atoms. The van der Waals surface area contributed by atoms with E-state index in [1.165, 1.54) is 0 Å². The molecule has 0 amide bonds. The fourth-order valence-electron chi connectivity index (χ4n) is 1.16. The average Bonchev–Trinajstić information content (AvgIpc) is 2.62. The summed E-state index contributed by atoms with van der Waals surface area (Å²) in [6.07, 6.45) is 1.62. The zero-order valence-corrected chi connectivity index (χ0v) is 6.91. The molecule has 65 valence electrons. The SMILES string of the molecule is Nc1cccc(-c2[c]c[nH]n2)c1N. The number of hydrogen-bond acceptors (Lipinski definition) is 3. The molecule has 0 aliphatic rings. The van der Waals surface area contributed by atoms with Crippen molar-refractivity contribution in [2.24, 2.45) is 0 Å². The van der Waals surface area contributed by atoms with Crippen molar-refractivity contribution in [2.45, 2.75) is 0 Å². The van der Waals surface area contributed by atoms with Gasteiger partial charge in [-0.3, -0.25) is 5.10 Å². The van der Waals surface area contributed by atoms with Crippen molar-refractivity contribution in [3.63, 3.8) is 0 Å². The molecule has 13 heavy (non-hydrogen) atoms. The molecule has 0 spiro atoms. The first-order valence-corrected chi connectivity index (χ1v) is 3.85. The quantitative estimate of drug-likeness (QED) is 0.563. The largest absolute Gasteiger partial charge is 0.397 e. The molecule has 4 heteroatoms. The van der Waals surface area contributed by atoms with Gasteiger partial charge in [0.2, 0.25) is 0 Å². The number of nitrogens with zero attached hydrogens (tertiary/aromatic N) is 1. The van der Waals surface area contributed by atoms with E-state index >= 15 is 0 Å². The molecule has 1 heterocycles. The Labute approximate surface area is 75.6 Å². The third kappa shape index (κ3) is 1.22. The Kier molecular flexibility index (Phi) is 1.66. The van der Waals surface area contributed by atoms with Gasteiger partial charge in [-0.25, -0.2) is 0 Å². The lowest BCUT2D eigenvalue weighted by Gasteiger charge is -2.04. The number of benzene rings is 1. The van der Waals surface area contributed by atoms with Crippen LogP contribution in [0.2, 0.25) is 0 Å². The van der Waals surface area contributed by atoms with Crippen molar-refractivity contribution in [2.75, 3.05) is 11.5 Å². The van der Waals surface area contributed by atoms with Crippen LogP contribution in [0.1, 0.15) is 0 Å². The van der Waals surface area contributed by atoms with Gasteiger partial charge in [0.1, 0.15) is 5.69 Å². The van der Waals surface area contributed by atoms with Crippen LogP contribution in [0.4, 0.5) is 11.4 Å². The summed E-state index contributed by atoms with van der Waals surface area (Å²) in [5.41, 5.74) is 14.0. The van der Waals surface area contributed by atoms with Gasteiger partial charge in [-0.15, -0.1) is 0 Å². The second-order valence-electron chi connectivity index (χ2n) is 2.69. The first-order valence-electron chi connectivity index (χ1n) is 3.85. The molecule has 2 rings (SSSR count). The van der Waals surface area contributed by atoms with E-state index < -0.39 is 0 Å². The van der Waals surface area contributed by atoms with Gasteiger partial charge < -0.3 is 11.5 Å². The zero-order chi connectivity index (χ0) is 9.26. The van der Waals surface area contributed by atoms with Gasteiger partial charge in [0.25, 0.3) is 0 Å². The van der Waals surface area contributed by atoms with E-state index in [4.69, 9.17) is 11.5 Å². The predicted molar refractivity (Wildman–Crippen MR) is 51.7 cm³/mol. The average molecular weight is 173 g/mol. The third-order valence-electron chi connectivity index (χ3n) is 1.84. The van der Waals surface area contributed by atoms with Crippen LogP contribution < -0.4 is 11.5 Å². The van der Waals surface area contributed by atoms with Gasteiger partial charge in [-0.2, -0.15) is 5.10 Å². The van der Waals surface area contributed by atoms with Gasteiger partial charge in [-0.1, -0.05) is 12.1 Å². The lowest BCUT2D eigenvalue weighted by molar-refractivity contribution is 1.10. The second kappa shape index (κ2) is 2.82. The number of aromatic nitrogens is 2. The highest BCUT2D eigenvalue weighted by Gasteiger charge is 2.05. The summed E-state index contributed by atoms with van der Waals surface area (Å²) in [5, 5.41) is 6.65. The van der Waals surface area contributed by atoms with E-state index in [1.807, 2.05) is 12.1 Å². The summed E-state index contributed by atoms with van der Waals surface area (Å²) in [7, 11) is 0. The molecular formula is C9H9N4. The summed E-state index contributed by atoms with van der Waals surface area (Å²) < 4.78 is 0. The van der Waals surface area contributed by atoms with E-state index in [9.17, 15) is 0 Å². The fraction of sp³-hybridized carbons (Fsp3) is 0. The van der Waals surface area contributed by atoms with Crippen molar-refractivity contribution >= 4 is 11.4 Å². The minimum atomic E-state index is 0.547. The number of nitrogens with one attached hydrogen (secondary N) is 1. The Balaban J connectivity index is 2.59. The number of rotatable bonds is 1. The number of H-pyrrole nitrogens is 1. The number of para-hydroxylation sites is 1. The standard InChI is InChI=1S/C9H9N4/c10-7-3-1-2-6(9(7)11)8-4-5-12-13-8/h1-3,5H,10-11H2,(H,12,13). The van der Waals surface area contributed by atoms with E-state index in [0.717, 1.165) is 5.56 Å². The predicted octanol–water partition coefficient (Wildman–Crippen LogP) is 1.04. The Morgan fingerprint density at radius 3 is 2.85 bits per heavy atom. The van der Waals surface area contributed by atoms with Crippen LogP contribution in [-0.2, 0) is 0 Å². The zero-order valence-electron chi connectivity index (χ0n) is 6.91. The first kappa shape index (κ1) is 7.67. The van der Waals surface area contributed by atoms with Crippen molar-refractivity contribution < 1.29 is 0 Å². The summed E-state index contributed by atoms with van der Waals surface area (Å²) in [6.45, 7) is 0. The van der Waals surface area contributed by atoms with Gasteiger partial charge in [0.15, 0.2) is 0 Å². The maximum Gasteiger partial charge on any atom is 0.102 e. The Bertz CT molecular complexity index is 406. The van der Waals surface area contributed by atoms with Crippen molar-refractivity contribution in [3.05, 3.63) is 30.5 Å². The Hall–Kier alpha value is -1.97. The van der Waals surface area contributed by atoms with E-state index in [-0.39, 0.29) is 0 Å². The smallest absolute Gasteiger partial charge is 0.102 e. The van der Waals surface area contributed by atoms with Gasteiger partial charge in [0, 0.05) is 17.8 Å². The molecule has 0 aliphatic heterocycles. The monoisotopic (exact) mass is 173 g/mol. The Morgan fingerprint density at radius 2 is 2.15 bits per heavy atom. The molecule has 2 aromatic rings. The molecule has 0 fully saturated rings. The third-order valence-corrected chi connectivity index (χ3v) is 1.84. The van der Waals surface area contributed by atoms with Gasteiger partial charge >= 0.3 is 0 Å². The lowest BCUT2D eigenvalue weighted by atomic mass is 10.1. The van der Waals surface area contributed by atoms with Crippen molar-refractivity contribution in [1.29, 1.82) is 0 Å². The molecule has 0 saturated carbocycles. The molecule has 1 aromatic carbocycles. The number of hydrogen-bond donors (Lipinski definition) is 3. The molecule has 4 nitrogen and oxygen atoms in total. The molecule has 5 N–H and O–H groups in total. The van der Waals surface area contributed by atoms with Gasteiger partial charge in [-0.05, 0) is 6.07 Å². The first-order chi connectivity index (χ1) is 6.29. The fourth-order valence-corrected chi connectivity index (χ4v) is 1.16. The lowest BCUT2D eigenvalue weighted by Crippen LogP contribution is -1.96. The molecule has 0 unspecified atom stereocenters. The van der Waals surface area contributed by atoms with Crippen LogP contribution >= 0.6 is 0 Å². The summed E-state index contributed by atoms with van der Waals surface area (Å²) in [5.74, 6) is 0. The van der Waals surface area contributed by atoms with E-state index in [2.05, 4.69) is 16.3 Å². The van der Waals surface area contributed by atoms with Crippen LogP contribution in [0.5, 0.6) is 0 Å². The maximum atomic E-state index is 5.77. The van der Waals surface area contributed by atoms with Crippen LogP contribution in [0.25, 0.3) is 11.3 Å². The topological polar surface area (TPSA) is 80.7 Å². The van der Waals surface area contributed by atoms with E-state index in [1.54, 1.807) is 12.3 Å². The molecule has 1 radical (unpaired) electrons. The van der Waals surface area contributed by atoms with E-state index in [0.29, 0.717) is 17.1 Å². The Morgan fingerprint density at radius 1 is 1.31 bits per heavy atom. The van der Waals surface area contributed by atoms with Crippen LogP contribution in [0, 0.1) is 6.07 Å². The molecular weight excluding hydrogens is 164 g/mol. The number of nitrogen functional groups attached to an aromatic ring is 2.